The van der Waals surface area contributed by atoms with E-state index in [9.17, 15) is 14.4 Å². The Morgan fingerprint density at radius 1 is 1.03 bits per heavy atom. The molecule has 0 aliphatic heterocycles. The molecular weight excluding hydrogens is 382 g/mol. The van der Waals surface area contributed by atoms with Crippen molar-refractivity contribution in [3.8, 4) is 0 Å². The van der Waals surface area contributed by atoms with Crippen LogP contribution in [0.1, 0.15) is 72.1 Å². The first-order valence-electron chi connectivity index (χ1n) is 10.4. The number of ether oxygens (including phenoxy) is 1. The number of benzene rings is 1. The normalized spacial score (nSPS) is 12.7. The van der Waals surface area contributed by atoms with Gasteiger partial charge in [0.2, 0.25) is 11.8 Å². The van der Waals surface area contributed by atoms with E-state index in [4.69, 9.17) is 4.74 Å². The Balaban J connectivity index is 3.13. The molecule has 0 spiro atoms. The number of hydrogen-bond acceptors (Lipinski definition) is 4. The summed E-state index contributed by atoms with van der Waals surface area (Å²) in [5, 5.41) is 5.47. The monoisotopic (exact) mass is 419 g/mol. The molecule has 30 heavy (non-hydrogen) atoms. The molecule has 1 aromatic rings. The van der Waals surface area contributed by atoms with Crippen LogP contribution in [-0.4, -0.2) is 47.0 Å². The predicted molar refractivity (Wildman–Crippen MR) is 118 cm³/mol. The Kier molecular flexibility index (Phi) is 8.88. The highest BCUT2D eigenvalue weighted by molar-refractivity contribution is 5.90. The number of carbonyl (C=O) groups is 3. The zero-order valence-corrected chi connectivity index (χ0v) is 19.6. The quantitative estimate of drug-likeness (QED) is 0.705. The molecule has 1 unspecified atom stereocenters. The fourth-order valence-corrected chi connectivity index (χ4v) is 2.86. The van der Waals surface area contributed by atoms with Crippen LogP contribution in [0.4, 0.5) is 4.79 Å². The number of rotatable bonds is 7. The van der Waals surface area contributed by atoms with E-state index in [0.717, 1.165) is 11.1 Å². The molecule has 1 rings (SSSR count). The highest BCUT2D eigenvalue weighted by Gasteiger charge is 2.33. The highest BCUT2D eigenvalue weighted by atomic mass is 16.6. The van der Waals surface area contributed by atoms with Crippen LogP contribution in [0.15, 0.2) is 24.3 Å². The maximum Gasteiger partial charge on any atom is 0.408 e. The molecular formula is C23H37N3O4. The maximum absolute atomic E-state index is 13.2. The van der Waals surface area contributed by atoms with Crippen LogP contribution in [-0.2, 0) is 14.3 Å². The van der Waals surface area contributed by atoms with Gasteiger partial charge in [0.1, 0.15) is 18.2 Å². The SMILES string of the molecule is CCCN(C(=O)CNC(=O)OC(C)(C)C)C(C(=O)NC(C)(C)C)c1ccc(C)cc1. The summed E-state index contributed by atoms with van der Waals surface area (Å²) in [4.78, 5) is 39.7. The summed E-state index contributed by atoms with van der Waals surface area (Å²) in [6, 6.07) is 6.76. The van der Waals surface area contributed by atoms with Gasteiger partial charge in [0.15, 0.2) is 0 Å². The second-order valence-corrected chi connectivity index (χ2v) is 9.50. The molecule has 3 amide bonds. The summed E-state index contributed by atoms with van der Waals surface area (Å²) >= 11 is 0. The summed E-state index contributed by atoms with van der Waals surface area (Å²) in [6.45, 7) is 15.0. The smallest absolute Gasteiger partial charge is 0.408 e. The van der Waals surface area contributed by atoms with Gasteiger partial charge in [0.05, 0.1) is 0 Å². The van der Waals surface area contributed by atoms with Crippen LogP contribution >= 0.6 is 0 Å². The molecule has 2 N–H and O–H groups in total. The van der Waals surface area contributed by atoms with Gasteiger partial charge in [-0.25, -0.2) is 4.79 Å². The van der Waals surface area contributed by atoms with Crippen LogP contribution in [0.5, 0.6) is 0 Å². The van der Waals surface area contributed by atoms with Crippen LogP contribution in [0.25, 0.3) is 0 Å². The highest BCUT2D eigenvalue weighted by Crippen LogP contribution is 2.23. The van der Waals surface area contributed by atoms with Crippen molar-refractivity contribution in [2.45, 2.75) is 79.0 Å². The van der Waals surface area contributed by atoms with E-state index in [2.05, 4.69) is 10.6 Å². The van der Waals surface area contributed by atoms with Gasteiger partial charge in [-0.3, -0.25) is 9.59 Å². The molecule has 0 aliphatic rings. The minimum Gasteiger partial charge on any atom is -0.444 e. The first kappa shape index (κ1) is 25.5. The second kappa shape index (κ2) is 10.5. The Bertz CT molecular complexity index is 730. The molecule has 0 aromatic heterocycles. The minimum absolute atomic E-state index is 0.250. The Morgan fingerprint density at radius 3 is 2.07 bits per heavy atom. The van der Waals surface area contributed by atoms with E-state index in [0.29, 0.717) is 13.0 Å². The summed E-state index contributed by atoms with van der Waals surface area (Å²) in [6.07, 6.45) is 0.00176. The van der Waals surface area contributed by atoms with Crippen molar-refractivity contribution in [3.63, 3.8) is 0 Å². The number of nitrogens with one attached hydrogen (secondary N) is 2. The fourth-order valence-electron chi connectivity index (χ4n) is 2.86. The van der Waals surface area contributed by atoms with E-state index >= 15 is 0 Å². The van der Waals surface area contributed by atoms with Crippen molar-refractivity contribution in [2.24, 2.45) is 0 Å². The maximum atomic E-state index is 13.2. The van der Waals surface area contributed by atoms with Gasteiger partial charge in [-0.15, -0.1) is 0 Å². The third kappa shape index (κ3) is 8.84. The minimum atomic E-state index is -0.794. The molecule has 0 saturated carbocycles. The molecule has 168 valence electrons. The Labute approximate surface area is 180 Å². The molecule has 7 nitrogen and oxygen atoms in total. The molecule has 0 saturated heterocycles. The second-order valence-electron chi connectivity index (χ2n) is 9.50. The largest absolute Gasteiger partial charge is 0.444 e. The molecule has 0 bridgehead atoms. The van der Waals surface area contributed by atoms with Gasteiger partial charge in [0, 0.05) is 12.1 Å². The number of carbonyl (C=O) groups excluding carboxylic acids is 3. The van der Waals surface area contributed by atoms with E-state index < -0.39 is 23.3 Å². The molecule has 7 heteroatoms. The lowest BCUT2D eigenvalue weighted by Gasteiger charge is -2.33. The third-order valence-corrected chi connectivity index (χ3v) is 4.02. The van der Waals surface area contributed by atoms with Crippen molar-refractivity contribution in [1.82, 2.24) is 15.5 Å². The van der Waals surface area contributed by atoms with Crippen molar-refractivity contribution < 1.29 is 19.1 Å². The lowest BCUT2D eigenvalue weighted by Crippen LogP contribution is -2.51. The molecule has 1 atom stereocenters. The number of aryl methyl sites for hydroxylation is 1. The summed E-state index contributed by atoms with van der Waals surface area (Å²) in [5.74, 6) is -0.609. The van der Waals surface area contributed by atoms with Gasteiger partial charge in [-0.05, 0) is 60.5 Å². The fraction of sp³-hybridized carbons (Fsp3) is 0.609. The molecule has 0 radical (unpaired) electrons. The zero-order chi connectivity index (χ0) is 23.1. The van der Waals surface area contributed by atoms with Crippen molar-refractivity contribution in [1.29, 1.82) is 0 Å². The number of nitrogens with zero attached hydrogens (tertiary/aromatic N) is 1. The van der Waals surface area contributed by atoms with Gasteiger partial charge in [0.25, 0.3) is 0 Å². The first-order valence-corrected chi connectivity index (χ1v) is 10.4. The summed E-state index contributed by atoms with van der Waals surface area (Å²) in [7, 11) is 0. The van der Waals surface area contributed by atoms with Crippen LogP contribution in [0, 0.1) is 6.92 Å². The predicted octanol–water partition coefficient (Wildman–Crippen LogP) is 3.71. The lowest BCUT2D eigenvalue weighted by atomic mass is 10.00. The van der Waals surface area contributed by atoms with Crippen molar-refractivity contribution in [2.75, 3.05) is 13.1 Å². The average molecular weight is 420 g/mol. The van der Waals surface area contributed by atoms with Gasteiger partial charge < -0.3 is 20.3 Å². The Morgan fingerprint density at radius 2 is 1.60 bits per heavy atom. The summed E-state index contributed by atoms with van der Waals surface area (Å²) in [5.41, 5.74) is 0.679. The van der Waals surface area contributed by atoms with E-state index in [1.807, 2.05) is 58.9 Å². The molecule has 0 heterocycles. The number of amides is 3. The number of alkyl carbamates (subject to hydrolysis) is 1. The third-order valence-electron chi connectivity index (χ3n) is 4.02. The van der Waals surface area contributed by atoms with Gasteiger partial charge in [-0.1, -0.05) is 36.8 Å². The first-order chi connectivity index (χ1) is 13.7. The standard InChI is InChI=1S/C23H37N3O4/c1-9-14-26(18(27)15-24-21(29)30-23(6,7)8)19(20(28)25-22(3,4)5)17-12-10-16(2)11-13-17/h10-13,19H,9,14-15H2,1-8H3,(H,24,29)(H,25,28). The van der Waals surface area contributed by atoms with Crippen LogP contribution in [0.2, 0.25) is 0 Å². The van der Waals surface area contributed by atoms with Crippen LogP contribution in [0.3, 0.4) is 0 Å². The van der Waals surface area contributed by atoms with Gasteiger partial charge >= 0.3 is 6.09 Å². The Hall–Kier alpha value is -2.57. The van der Waals surface area contributed by atoms with Crippen LogP contribution < -0.4 is 10.6 Å². The van der Waals surface area contributed by atoms with E-state index in [-0.39, 0.29) is 18.4 Å². The molecule has 0 fully saturated rings. The zero-order valence-electron chi connectivity index (χ0n) is 19.6. The lowest BCUT2D eigenvalue weighted by molar-refractivity contribution is -0.141. The summed E-state index contributed by atoms with van der Waals surface area (Å²) < 4.78 is 5.20. The van der Waals surface area contributed by atoms with Crippen molar-refractivity contribution in [3.05, 3.63) is 35.4 Å². The van der Waals surface area contributed by atoms with E-state index in [1.54, 1.807) is 20.8 Å². The number of hydrogen-bond donors (Lipinski definition) is 2. The average Bonchev–Trinajstić information content (AvgIpc) is 2.57. The molecule has 1 aromatic carbocycles. The topological polar surface area (TPSA) is 87.7 Å². The van der Waals surface area contributed by atoms with Gasteiger partial charge in [-0.2, -0.15) is 0 Å². The van der Waals surface area contributed by atoms with E-state index in [1.165, 1.54) is 4.90 Å². The van der Waals surface area contributed by atoms with Crippen molar-refractivity contribution >= 4 is 17.9 Å². The molecule has 0 aliphatic carbocycles.